The fourth-order valence-electron chi connectivity index (χ4n) is 3.15. The highest BCUT2D eigenvalue weighted by Crippen LogP contribution is 2.31. The van der Waals surface area contributed by atoms with Crippen molar-refractivity contribution in [3.05, 3.63) is 64.7 Å². The van der Waals surface area contributed by atoms with Crippen molar-refractivity contribution in [1.82, 2.24) is 4.98 Å². The summed E-state index contributed by atoms with van der Waals surface area (Å²) in [5, 5.41) is 10.4. The number of pyridine rings is 1. The minimum absolute atomic E-state index is 0.275. The largest absolute Gasteiger partial charge is 0.478 e. The SMILES string of the molecule is Cc1ccc(-c2cc(C(=O)O)c3cccc(C(C)C)c3n2)c(C)c1. The second kappa shape index (κ2) is 6.08. The first-order valence-electron chi connectivity index (χ1n) is 8.13. The van der Waals surface area contributed by atoms with E-state index in [1.54, 1.807) is 6.07 Å². The Morgan fingerprint density at radius 3 is 2.46 bits per heavy atom. The molecular weight excluding hydrogens is 298 g/mol. The molecule has 0 aliphatic carbocycles. The highest BCUT2D eigenvalue weighted by Gasteiger charge is 2.17. The topological polar surface area (TPSA) is 50.2 Å². The Balaban J connectivity index is 2.37. The van der Waals surface area contributed by atoms with Gasteiger partial charge in [0.1, 0.15) is 0 Å². The quantitative estimate of drug-likeness (QED) is 0.709. The van der Waals surface area contributed by atoms with Crippen LogP contribution in [0.2, 0.25) is 0 Å². The molecule has 3 rings (SSSR count). The molecule has 1 N–H and O–H groups in total. The Bertz CT molecular complexity index is 942. The van der Waals surface area contributed by atoms with E-state index in [2.05, 4.69) is 19.9 Å². The zero-order valence-corrected chi connectivity index (χ0v) is 14.4. The standard InChI is InChI=1S/C21H21NO2/c1-12(2)15-6-5-7-17-18(21(23)24)11-19(22-20(15)17)16-9-8-13(3)10-14(16)4/h5-12H,1-4H3,(H,23,24). The molecule has 2 aromatic carbocycles. The highest BCUT2D eigenvalue weighted by atomic mass is 16.4. The molecule has 3 nitrogen and oxygen atoms in total. The zero-order chi connectivity index (χ0) is 17.4. The number of rotatable bonds is 3. The van der Waals surface area contributed by atoms with Gasteiger partial charge >= 0.3 is 5.97 Å². The summed E-state index contributed by atoms with van der Waals surface area (Å²) >= 11 is 0. The molecule has 3 aromatic rings. The van der Waals surface area contributed by atoms with E-state index in [0.717, 1.165) is 22.2 Å². The van der Waals surface area contributed by atoms with Gasteiger partial charge in [-0.2, -0.15) is 0 Å². The van der Waals surface area contributed by atoms with Gasteiger partial charge in [0.2, 0.25) is 0 Å². The lowest BCUT2D eigenvalue weighted by atomic mass is 9.95. The Morgan fingerprint density at radius 2 is 1.83 bits per heavy atom. The van der Waals surface area contributed by atoms with Crippen LogP contribution in [0.25, 0.3) is 22.2 Å². The van der Waals surface area contributed by atoms with Crippen molar-refractivity contribution in [3.8, 4) is 11.3 Å². The summed E-state index contributed by atoms with van der Waals surface area (Å²) in [5.74, 6) is -0.647. The summed E-state index contributed by atoms with van der Waals surface area (Å²) < 4.78 is 0. The van der Waals surface area contributed by atoms with Crippen molar-refractivity contribution in [3.63, 3.8) is 0 Å². The number of fused-ring (bicyclic) bond motifs is 1. The third kappa shape index (κ3) is 2.78. The number of hydrogen-bond acceptors (Lipinski definition) is 2. The summed E-state index contributed by atoms with van der Waals surface area (Å²) in [6, 6.07) is 13.6. The lowest BCUT2D eigenvalue weighted by Gasteiger charge is -2.14. The fraction of sp³-hybridized carbons (Fsp3) is 0.238. The minimum Gasteiger partial charge on any atom is -0.478 e. The van der Waals surface area contributed by atoms with Gasteiger partial charge < -0.3 is 5.11 Å². The molecule has 0 atom stereocenters. The maximum Gasteiger partial charge on any atom is 0.336 e. The van der Waals surface area contributed by atoms with Crippen LogP contribution in [-0.4, -0.2) is 16.1 Å². The molecule has 1 heterocycles. The molecule has 3 heteroatoms. The molecule has 0 aliphatic heterocycles. The van der Waals surface area contributed by atoms with Crippen molar-refractivity contribution in [2.45, 2.75) is 33.6 Å². The average molecular weight is 319 g/mol. The highest BCUT2D eigenvalue weighted by molar-refractivity contribution is 6.04. The molecule has 0 bridgehead atoms. The van der Waals surface area contributed by atoms with E-state index in [-0.39, 0.29) is 5.92 Å². The first-order valence-corrected chi connectivity index (χ1v) is 8.13. The molecule has 0 radical (unpaired) electrons. The van der Waals surface area contributed by atoms with E-state index in [9.17, 15) is 9.90 Å². The fourth-order valence-corrected chi connectivity index (χ4v) is 3.15. The Morgan fingerprint density at radius 1 is 1.08 bits per heavy atom. The van der Waals surface area contributed by atoms with Crippen molar-refractivity contribution < 1.29 is 9.90 Å². The normalized spacial score (nSPS) is 11.2. The van der Waals surface area contributed by atoms with E-state index in [1.807, 2.05) is 44.2 Å². The predicted octanol–water partition coefficient (Wildman–Crippen LogP) is 5.34. The molecule has 1 aromatic heterocycles. The smallest absolute Gasteiger partial charge is 0.336 e. The molecule has 0 fully saturated rings. The number of carboxylic acids is 1. The molecule has 0 unspecified atom stereocenters. The summed E-state index contributed by atoms with van der Waals surface area (Å²) in [6.07, 6.45) is 0. The van der Waals surface area contributed by atoms with Crippen LogP contribution in [0.4, 0.5) is 0 Å². The van der Waals surface area contributed by atoms with Gasteiger partial charge in [0.15, 0.2) is 0 Å². The van der Waals surface area contributed by atoms with Crippen molar-refractivity contribution in [2.75, 3.05) is 0 Å². The van der Waals surface area contributed by atoms with Gasteiger partial charge in [0.25, 0.3) is 0 Å². The number of hydrogen-bond donors (Lipinski definition) is 1. The Kier molecular flexibility index (Phi) is 4.10. The maximum atomic E-state index is 11.8. The molecule has 0 saturated carbocycles. The number of nitrogens with zero attached hydrogens (tertiary/aromatic N) is 1. The average Bonchev–Trinajstić information content (AvgIpc) is 2.52. The third-order valence-electron chi connectivity index (χ3n) is 4.38. The second-order valence-electron chi connectivity index (χ2n) is 6.58. The van der Waals surface area contributed by atoms with Crippen LogP contribution in [0.5, 0.6) is 0 Å². The van der Waals surface area contributed by atoms with E-state index in [4.69, 9.17) is 4.98 Å². The third-order valence-corrected chi connectivity index (χ3v) is 4.38. The van der Waals surface area contributed by atoms with E-state index in [1.165, 1.54) is 5.56 Å². The van der Waals surface area contributed by atoms with Gasteiger partial charge in [0.05, 0.1) is 16.8 Å². The molecule has 122 valence electrons. The first kappa shape index (κ1) is 16.2. The van der Waals surface area contributed by atoms with Crippen LogP contribution in [0.3, 0.4) is 0 Å². The number of aromatic nitrogens is 1. The maximum absolute atomic E-state index is 11.8. The van der Waals surface area contributed by atoms with Crippen LogP contribution in [-0.2, 0) is 0 Å². The van der Waals surface area contributed by atoms with E-state index < -0.39 is 5.97 Å². The van der Waals surface area contributed by atoms with Crippen LogP contribution in [0.1, 0.15) is 46.8 Å². The second-order valence-corrected chi connectivity index (χ2v) is 6.58. The lowest BCUT2D eigenvalue weighted by molar-refractivity contribution is 0.0699. The molecule has 0 amide bonds. The van der Waals surface area contributed by atoms with Crippen molar-refractivity contribution in [1.29, 1.82) is 0 Å². The number of aryl methyl sites for hydroxylation is 2. The summed E-state index contributed by atoms with van der Waals surface area (Å²) in [4.78, 5) is 16.6. The minimum atomic E-state index is -0.922. The van der Waals surface area contributed by atoms with Crippen LogP contribution >= 0.6 is 0 Å². The molecule has 24 heavy (non-hydrogen) atoms. The van der Waals surface area contributed by atoms with E-state index in [0.29, 0.717) is 16.6 Å². The van der Waals surface area contributed by atoms with Gasteiger partial charge in [0, 0.05) is 10.9 Å². The summed E-state index contributed by atoms with van der Waals surface area (Å²) in [5.41, 5.74) is 6.12. The number of benzene rings is 2. The van der Waals surface area contributed by atoms with Gasteiger partial charge in [-0.05, 0) is 37.0 Å². The lowest BCUT2D eigenvalue weighted by Crippen LogP contribution is -2.03. The van der Waals surface area contributed by atoms with Gasteiger partial charge in [-0.3, -0.25) is 0 Å². The van der Waals surface area contributed by atoms with Crippen LogP contribution in [0, 0.1) is 13.8 Å². The molecule has 0 spiro atoms. The van der Waals surface area contributed by atoms with Crippen LogP contribution < -0.4 is 0 Å². The molecule has 0 saturated heterocycles. The summed E-state index contributed by atoms with van der Waals surface area (Å²) in [7, 11) is 0. The summed E-state index contributed by atoms with van der Waals surface area (Å²) in [6.45, 7) is 8.27. The Hall–Kier alpha value is -2.68. The number of carbonyl (C=O) groups is 1. The van der Waals surface area contributed by atoms with Gasteiger partial charge in [-0.25, -0.2) is 9.78 Å². The van der Waals surface area contributed by atoms with E-state index >= 15 is 0 Å². The Labute approximate surface area is 142 Å². The van der Waals surface area contributed by atoms with Gasteiger partial charge in [-0.1, -0.05) is 55.8 Å². The monoisotopic (exact) mass is 319 g/mol. The number of para-hydroxylation sites is 1. The van der Waals surface area contributed by atoms with Crippen LogP contribution in [0.15, 0.2) is 42.5 Å². The number of aromatic carboxylic acids is 1. The number of carboxylic acid groups (broad SMARTS) is 1. The molecular formula is C21H21NO2. The van der Waals surface area contributed by atoms with Crippen molar-refractivity contribution >= 4 is 16.9 Å². The first-order chi connectivity index (χ1) is 11.4. The van der Waals surface area contributed by atoms with Gasteiger partial charge in [-0.15, -0.1) is 0 Å². The predicted molar refractivity (Wildman–Crippen MR) is 97.7 cm³/mol. The molecule has 0 aliphatic rings. The van der Waals surface area contributed by atoms with Crippen molar-refractivity contribution in [2.24, 2.45) is 0 Å². The zero-order valence-electron chi connectivity index (χ0n) is 14.4.